The number of hydrogen-bond donors (Lipinski definition) is 1. The molecule has 21 heavy (non-hydrogen) atoms. The first-order valence-corrected chi connectivity index (χ1v) is 8.23. The third-order valence-electron chi connectivity index (χ3n) is 4.49. The second-order valence-corrected chi connectivity index (χ2v) is 6.82. The fourth-order valence-corrected chi connectivity index (χ4v) is 3.97. The minimum absolute atomic E-state index is 0. The van der Waals surface area contributed by atoms with Crippen LogP contribution in [0.2, 0.25) is 0 Å². The smallest absolute Gasteiger partial charge is 0.226 e. The second kappa shape index (κ2) is 7.12. The van der Waals surface area contributed by atoms with Gasteiger partial charge in [-0.25, -0.2) is 0 Å². The van der Waals surface area contributed by atoms with Crippen molar-refractivity contribution in [2.75, 3.05) is 13.1 Å². The van der Waals surface area contributed by atoms with Crippen molar-refractivity contribution in [3.8, 4) is 0 Å². The van der Waals surface area contributed by atoms with Crippen LogP contribution in [0.25, 0.3) is 0 Å². The number of rotatable bonds is 1. The van der Waals surface area contributed by atoms with Gasteiger partial charge in [-0.15, -0.1) is 12.4 Å². The predicted octanol–water partition coefficient (Wildman–Crippen LogP) is 3.14. The molecule has 1 amide bonds. The molecule has 1 fully saturated rings. The molecule has 0 saturated carbocycles. The Labute approximate surface area is 141 Å². The molecule has 0 unspecified atom stereocenters. The van der Waals surface area contributed by atoms with E-state index in [0.29, 0.717) is 11.9 Å². The lowest BCUT2D eigenvalue weighted by Gasteiger charge is -2.35. The fourth-order valence-electron chi connectivity index (χ4n) is 3.37. The molecule has 0 aromatic heterocycles. The maximum absolute atomic E-state index is 12.7. The Hall–Kier alpha value is -0.580. The van der Waals surface area contributed by atoms with E-state index in [0.717, 1.165) is 38.9 Å². The van der Waals surface area contributed by atoms with E-state index in [1.807, 2.05) is 0 Å². The average Bonchev–Trinajstić information content (AvgIpc) is 2.46. The molecule has 0 aliphatic carbocycles. The van der Waals surface area contributed by atoms with Gasteiger partial charge in [-0.1, -0.05) is 28.1 Å². The van der Waals surface area contributed by atoms with Crippen LogP contribution >= 0.6 is 28.3 Å². The van der Waals surface area contributed by atoms with E-state index in [9.17, 15) is 4.79 Å². The zero-order chi connectivity index (χ0) is 14.1. The Balaban J connectivity index is 0.00000161. The molecule has 2 atom stereocenters. The minimum atomic E-state index is 0. The molecular weight excluding hydrogens is 352 g/mol. The number of amides is 1. The first-order chi connectivity index (χ1) is 9.65. The number of halogens is 2. The van der Waals surface area contributed by atoms with Crippen molar-refractivity contribution in [1.82, 2.24) is 10.2 Å². The van der Waals surface area contributed by atoms with E-state index in [-0.39, 0.29) is 18.3 Å². The molecule has 0 radical (unpaired) electrons. The Morgan fingerprint density at radius 3 is 3.00 bits per heavy atom. The summed E-state index contributed by atoms with van der Waals surface area (Å²) in [4.78, 5) is 14.7. The van der Waals surface area contributed by atoms with E-state index in [4.69, 9.17) is 0 Å². The van der Waals surface area contributed by atoms with Gasteiger partial charge in [0.05, 0.1) is 0 Å². The highest BCUT2D eigenvalue weighted by Gasteiger charge is 2.30. The number of fused-ring (bicyclic) bond motifs is 1. The zero-order valence-corrected chi connectivity index (χ0v) is 14.7. The summed E-state index contributed by atoms with van der Waals surface area (Å²) >= 11 is 3.61. The summed E-state index contributed by atoms with van der Waals surface area (Å²) in [6.45, 7) is 4.76. The van der Waals surface area contributed by atoms with Crippen molar-refractivity contribution in [3.63, 3.8) is 0 Å². The number of nitrogens with zero attached hydrogens (tertiary/aromatic N) is 1. The third kappa shape index (κ3) is 3.61. The lowest BCUT2D eigenvalue weighted by Crippen LogP contribution is -2.45. The van der Waals surface area contributed by atoms with Crippen LogP contribution in [0.1, 0.15) is 30.9 Å². The lowest BCUT2D eigenvalue weighted by atomic mass is 9.90. The minimum Gasteiger partial charge on any atom is -0.338 e. The van der Waals surface area contributed by atoms with Crippen molar-refractivity contribution in [1.29, 1.82) is 0 Å². The third-order valence-corrected chi connectivity index (χ3v) is 5.24. The van der Waals surface area contributed by atoms with Crippen molar-refractivity contribution < 1.29 is 4.79 Å². The molecule has 1 saturated heterocycles. The molecule has 1 N–H and O–H groups in total. The Morgan fingerprint density at radius 2 is 2.24 bits per heavy atom. The van der Waals surface area contributed by atoms with Gasteiger partial charge in [0, 0.05) is 29.5 Å². The molecular formula is C16H22BrClN2O. The number of benzene rings is 1. The van der Waals surface area contributed by atoms with Gasteiger partial charge in [0.2, 0.25) is 5.91 Å². The van der Waals surface area contributed by atoms with Gasteiger partial charge in [-0.2, -0.15) is 0 Å². The Bertz CT molecular complexity index is 523. The lowest BCUT2D eigenvalue weighted by molar-refractivity contribution is -0.137. The maximum Gasteiger partial charge on any atom is 0.226 e. The van der Waals surface area contributed by atoms with E-state index in [1.165, 1.54) is 15.6 Å². The monoisotopic (exact) mass is 372 g/mol. The van der Waals surface area contributed by atoms with Gasteiger partial charge >= 0.3 is 0 Å². The van der Waals surface area contributed by atoms with Gasteiger partial charge in [0.25, 0.3) is 0 Å². The molecule has 2 heterocycles. The van der Waals surface area contributed by atoms with Crippen LogP contribution in [0.5, 0.6) is 0 Å². The number of carbonyl (C=O) groups is 1. The van der Waals surface area contributed by atoms with Gasteiger partial charge in [0.1, 0.15) is 0 Å². The summed E-state index contributed by atoms with van der Waals surface area (Å²) in [7, 11) is 0. The van der Waals surface area contributed by atoms with E-state index < -0.39 is 0 Å². The first kappa shape index (κ1) is 16.8. The highest BCUT2D eigenvalue weighted by atomic mass is 79.9. The molecule has 116 valence electrons. The Morgan fingerprint density at radius 1 is 1.43 bits per heavy atom. The van der Waals surface area contributed by atoms with Crippen LogP contribution < -0.4 is 5.32 Å². The molecule has 5 heteroatoms. The molecule has 0 bridgehead atoms. The SMILES string of the molecule is C[C@H]1C[C@@H](C(=O)N2CCc3c(Br)cccc3C2)CCN1.Cl. The Kier molecular flexibility index (Phi) is 5.69. The maximum atomic E-state index is 12.7. The van der Waals surface area contributed by atoms with Crippen LogP contribution in [-0.2, 0) is 17.8 Å². The van der Waals surface area contributed by atoms with Crippen LogP contribution in [-0.4, -0.2) is 29.9 Å². The quantitative estimate of drug-likeness (QED) is 0.820. The van der Waals surface area contributed by atoms with E-state index in [2.05, 4.69) is 51.3 Å². The van der Waals surface area contributed by atoms with Crippen molar-refractivity contribution in [2.24, 2.45) is 5.92 Å². The van der Waals surface area contributed by atoms with Gasteiger partial charge < -0.3 is 10.2 Å². The summed E-state index contributed by atoms with van der Waals surface area (Å²) in [6.07, 6.45) is 2.91. The summed E-state index contributed by atoms with van der Waals surface area (Å²) in [5, 5.41) is 3.42. The van der Waals surface area contributed by atoms with Crippen molar-refractivity contribution in [3.05, 3.63) is 33.8 Å². The van der Waals surface area contributed by atoms with Crippen molar-refractivity contribution >= 4 is 34.2 Å². The normalized spacial score (nSPS) is 25.0. The predicted molar refractivity (Wildman–Crippen MR) is 90.7 cm³/mol. The van der Waals surface area contributed by atoms with Crippen LogP contribution in [0.15, 0.2) is 22.7 Å². The van der Waals surface area contributed by atoms with Gasteiger partial charge in [0.15, 0.2) is 0 Å². The van der Waals surface area contributed by atoms with Crippen LogP contribution in [0.4, 0.5) is 0 Å². The number of carbonyl (C=O) groups excluding carboxylic acids is 1. The molecule has 2 aliphatic rings. The molecule has 3 nitrogen and oxygen atoms in total. The largest absolute Gasteiger partial charge is 0.338 e. The molecule has 0 spiro atoms. The fraction of sp³-hybridized carbons (Fsp3) is 0.562. The summed E-state index contributed by atoms with van der Waals surface area (Å²) in [6, 6.07) is 6.75. The molecule has 1 aromatic carbocycles. The molecule has 3 rings (SSSR count). The van der Waals surface area contributed by atoms with Crippen molar-refractivity contribution in [2.45, 2.75) is 38.8 Å². The highest BCUT2D eigenvalue weighted by Crippen LogP contribution is 2.28. The van der Waals surface area contributed by atoms with Crippen LogP contribution in [0, 0.1) is 5.92 Å². The second-order valence-electron chi connectivity index (χ2n) is 5.96. The zero-order valence-electron chi connectivity index (χ0n) is 12.3. The van der Waals surface area contributed by atoms with Gasteiger partial charge in [-0.05, 0) is 49.9 Å². The highest BCUT2D eigenvalue weighted by molar-refractivity contribution is 9.10. The molecule has 2 aliphatic heterocycles. The average molecular weight is 374 g/mol. The summed E-state index contributed by atoms with van der Waals surface area (Å²) < 4.78 is 1.18. The van der Waals surface area contributed by atoms with Gasteiger partial charge in [-0.3, -0.25) is 4.79 Å². The number of hydrogen-bond acceptors (Lipinski definition) is 2. The summed E-state index contributed by atoms with van der Waals surface area (Å²) in [5.74, 6) is 0.559. The van der Waals surface area contributed by atoms with Crippen LogP contribution in [0.3, 0.4) is 0 Å². The topological polar surface area (TPSA) is 32.3 Å². The summed E-state index contributed by atoms with van der Waals surface area (Å²) in [5.41, 5.74) is 2.66. The van der Waals surface area contributed by atoms with E-state index >= 15 is 0 Å². The van der Waals surface area contributed by atoms with E-state index in [1.54, 1.807) is 0 Å². The number of nitrogens with one attached hydrogen (secondary N) is 1. The standard InChI is InChI=1S/C16H21BrN2O.ClH/c1-11-9-12(5-7-18-11)16(20)19-8-6-14-13(10-19)3-2-4-15(14)17;/h2-4,11-12,18H,5-10H2,1H3;1H/t11-,12-;/m0./s1. The molecule has 1 aromatic rings. The number of piperidine rings is 1. The first-order valence-electron chi connectivity index (χ1n) is 7.43.